The smallest absolute Gasteiger partial charge is 0.203 e. The molecule has 0 unspecified atom stereocenters. The number of thiazole rings is 1. The molecule has 0 aliphatic carbocycles. The molecular formula is C16H17N3S2. The van der Waals surface area contributed by atoms with Gasteiger partial charge in [-0.3, -0.25) is 5.43 Å². The SMILES string of the molecule is CC(C)=NNc1nc(-c2ccc([SH]3C=CC=C3)cc2)cs1. The van der Waals surface area contributed by atoms with Crippen LogP contribution >= 0.6 is 22.2 Å². The fourth-order valence-corrected chi connectivity index (χ4v) is 4.10. The van der Waals surface area contributed by atoms with Gasteiger partial charge in [-0.2, -0.15) is 16.0 Å². The third-order valence-electron chi connectivity index (χ3n) is 2.94. The van der Waals surface area contributed by atoms with E-state index >= 15 is 0 Å². The van der Waals surface area contributed by atoms with Gasteiger partial charge in [-0.25, -0.2) is 4.98 Å². The first-order valence-corrected chi connectivity index (χ1v) is 9.04. The lowest BCUT2D eigenvalue weighted by atomic mass is 10.2. The number of aromatic nitrogens is 1. The summed E-state index contributed by atoms with van der Waals surface area (Å²) in [6.07, 6.45) is 4.24. The van der Waals surface area contributed by atoms with E-state index in [1.165, 1.54) is 4.90 Å². The minimum Gasteiger partial charge on any atom is -0.253 e. The Labute approximate surface area is 131 Å². The van der Waals surface area contributed by atoms with Crippen LogP contribution in [0, 0.1) is 0 Å². The van der Waals surface area contributed by atoms with Gasteiger partial charge < -0.3 is 0 Å². The summed E-state index contributed by atoms with van der Waals surface area (Å²) >= 11 is 1.57. The van der Waals surface area contributed by atoms with Crippen molar-refractivity contribution in [3.05, 3.63) is 52.6 Å². The molecule has 1 aromatic carbocycles. The van der Waals surface area contributed by atoms with Crippen LogP contribution in [-0.4, -0.2) is 10.7 Å². The molecule has 108 valence electrons. The van der Waals surface area contributed by atoms with Crippen molar-refractivity contribution in [3.63, 3.8) is 0 Å². The van der Waals surface area contributed by atoms with Crippen LogP contribution < -0.4 is 5.43 Å². The van der Waals surface area contributed by atoms with E-state index in [0.717, 1.165) is 22.1 Å². The van der Waals surface area contributed by atoms with Crippen LogP contribution in [0.25, 0.3) is 11.3 Å². The highest BCUT2D eigenvalue weighted by molar-refractivity contribution is 8.22. The number of thiol groups is 1. The third kappa shape index (κ3) is 3.43. The lowest BCUT2D eigenvalue weighted by molar-refractivity contribution is 1.27. The predicted molar refractivity (Wildman–Crippen MR) is 95.5 cm³/mol. The van der Waals surface area contributed by atoms with Crippen LogP contribution in [0.5, 0.6) is 0 Å². The first-order valence-electron chi connectivity index (χ1n) is 6.68. The molecule has 2 heterocycles. The lowest BCUT2D eigenvalue weighted by Crippen LogP contribution is -1.92. The van der Waals surface area contributed by atoms with E-state index in [9.17, 15) is 0 Å². The molecule has 3 nitrogen and oxygen atoms in total. The van der Waals surface area contributed by atoms with E-state index in [-0.39, 0.29) is 10.9 Å². The van der Waals surface area contributed by atoms with Crippen molar-refractivity contribution in [3.8, 4) is 11.3 Å². The van der Waals surface area contributed by atoms with Gasteiger partial charge in [0.2, 0.25) is 5.13 Å². The van der Waals surface area contributed by atoms with Crippen LogP contribution in [0.3, 0.4) is 0 Å². The second-order valence-electron chi connectivity index (χ2n) is 4.85. The molecule has 0 fully saturated rings. The molecule has 2 aromatic rings. The van der Waals surface area contributed by atoms with E-state index in [2.05, 4.69) is 68.1 Å². The minimum atomic E-state index is -0.238. The predicted octanol–water partition coefficient (Wildman–Crippen LogP) is 5.02. The molecule has 0 radical (unpaired) electrons. The molecule has 21 heavy (non-hydrogen) atoms. The number of benzene rings is 1. The van der Waals surface area contributed by atoms with E-state index < -0.39 is 0 Å². The number of hydrazone groups is 1. The summed E-state index contributed by atoms with van der Waals surface area (Å²) in [6, 6.07) is 8.68. The Morgan fingerprint density at radius 2 is 1.86 bits per heavy atom. The normalized spacial score (nSPS) is 14.5. The molecule has 0 atom stereocenters. The maximum absolute atomic E-state index is 4.56. The molecule has 1 N–H and O–H groups in total. The van der Waals surface area contributed by atoms with Crippen molar-refractivity contribution >= 4 is 33.1 Å². The summed E-state index contributed by atoms with van der Waals surface area (Å²) in [6.45, 7) is 3.90. The summed E-state index contributed by atoms with van der Waals surface area (Å²) in [5.74, 6) is 0. The zero-order valence-electron chi connectivity index (χ0n) is 11.9. The fraction of sp³-hybridized carbons (Fsp3) is 0.125. The molecule has 1 aliphatic rings. The third-order valence-corrected chi connectivity index (χ3v) is 5.57. The largest absolute Gasteiger partial charge is 0.253 e. The van der Waals surface area contributed by atoms with Gasteiger partial charge in [0.15, 0.2) is 0 Å². The van der Waals surface area contributed by atoms with E-state index in [0.29, 0.717) is 0 Å². The number of anilines is 1. The minimum absolute atomic E-state index is 0.238. The molecule has 5 heteroatoms. The molecule has 3 rings (SSSR count). The van der Waals surface area contributed by atoms with Gasteiger partial charge in [-0.15, -0.1) is 11.3 Å². The zero-order valence-corrected chi connectivity index (χ0v) is 13.7. The van der Waals surface area contributed by atoms with Crippen LogP contribution in [0.15, 0.2) is 62.6 Å². The highest BCUT2D eigenvalue weighted by atomic mass is 32.2. The van der Waals surface area contributed by atoms with Gasteiger partial charge in [0.25, 0.3) is 0 Å². The van der Waals surface area contributed by atoms with Gasteiger partial charge in [0.1, 0.15) is 0 Å². The summed E-state index contributed by atoms with van der Waals surface area (Å²) in [5.41, 5.74) is 6.08. The fourth-order valence-electron chi connectivity index (χ4n) is 1.93. The van der Waals surface area contributed by atoms with Crippen molar-refractivity contribution in [2.24, 2.45) is 5.10 Å². The van der Waals surface area contributed by atoms with E-state index in [1.807, 2.05) is 13.8 Å². The van der Waals surface area contributed by atoms with Crippen molar-refractivity contribution in [2.45, 2.75) is 18.7 Å². The summed E-state index contributed by atoms with van der Waals surface area (Å²) < 4.78 is 0. The van der Waals surface area contributed by atoms with Gasteiger partial charge in [0.05, 0.1) is 5.69 Å². The maximum atomic E-state index is 4.56. The maximum Gasteiger partial charge on any atom is 0.203 e. The Hall–Kier alpha value is -1.85. The van der Waals surface area contributed by atoms with Crippen molar-refractivity contribution in [2.75, 3.05) is 5.43 Å². The first kappa shape index (κ1) is 14.1. The van der Waals surface area contributed by atoms with Crippen molar-refractivity contribution in [1.82, 2.24) is 4.98 Å². The van der Waals surface area contributed by atoms with Crippen LogP contribution in [0.1, 0.15) is 13.8 Å². The summed E-state index contributed by atoms with van der Waals surface area (Å²) in [4.78, 5) is 5.93. The van der Waals surface area contributed by atoms with Crippen molar-refractivity contribution < 1.29 is 0 Å². The van der Waals surface area contributed by atoms with Crippen LogP contribution in [-0.2, 0) is 0 Å². The molecule has 0 bridgehead atoms. The summed E-state index contributed by atoms with van der Waals surface area (Å²) in [5, 5.41) is 11.6. The monoisotopic (exact) mass is 315 g/mol. The second-order valence-corrected chi connectivity index (χ2v) is 7.63. The highest BCUT2D eigenvalue weighted by Gasteiger charge is 2.06. The zero-order chi connectivity index (χ0) is 14.7. The van der Waals surface area contributed by atoms with Crippen LogP contribution in [0.2, 0.25) is 0 Å². The topological polar surface area (TPSA) is 37.3 Å². The molecule has 0 spiro atoms. The molecule has 0 saturated carbocycles. The Balaban J connectivity index is 1.76. The number of nitrogens with one attached hydrogen (secondary N) is 1. The standard InChI is InChI=1S/C16H17N3S2/c1-12(2)18-19-16-17-15(11-20-16)13-5-7-14(8-6-13)21-9-3-4-10-21/h3-11,21H,1-2H3,(H,17,19). The molecular weight excluding hydrogens is 298 g/mol. The average Bonchev–Trinajstić information content (AvgIpc) is 3.17. The second kappa shape index (κ2) is 6.28. The Morgan fingerprint density at radius 1 is 1.14 bits per heavy atom. The van der Waals surface area contributed by atoms with Gasteiger partial charge in [-0.1, -0.05) is 24.3 Å². The molecule has 0 amide bonds. The van der Waals surface area contributed by atoms with E-state index in [4.69, 9.17) is 0 Å². The average molecular weight is 315 g/mol. The number of hydrogen-bond donors (Lipinski definition) is 2. The number of allylic oxidation sites excluding steroid dienone is 2. The van der Waals surface area contributed by atoms with Gasteiger partial charge in [-0.05, 0) is 41.7 Å². The highest BCUT2D eigenvalue weighted by Crippen LogP contribution is 2.42. The number of rotatable bonds is 4. The van der Waals surface area contributed by atoms with Gasteiger partial charge >= 0.3 is 0 Å². The lowest BCUT2D eigenvalue weighted by Gasteiger charge is -2.10. The first-order chi connectivity index (χ1) is 10.2. The van der Waals surface area contributed by atoms with Crippen molar-refractivity contribution in [1.29, 1.82) is 0 Å². The molecule has 1 aromatic heterocycles. The quantitative estimate of drug-likeness (QED) is 0.472. The Morgan fingerprint density at radius 3 is 2.52 bits per heavy atom. The van der Waals surface area contributed by atoms with E-state index in [1.54, 1.807) is 11.3 Å². The molecule has 1 aliphatic heterocycles. The molecule has 0 saturated heterocycles. The van der Waals surface area contributed by atoms with Crippen LogP contribution in [0.4, 0.5) is 5.13 Å². The number of nitrogens with zero attached hydrogens (tertiary/aromatic N) is 2. The summed E-state index contributed by atoms with van der Waals surface area (Å²) in [7, 11) is -0.238. The number of hydrogen-bond acceptors (Lipinski definition) is 4. The van der Waals surface area contributed by atoms with Gasteiger partial charge in [0, 0.05) is 16.7 Å². The Bertz CT molecular complexity index is 695. The Kier molecular flexibility index (Phi) is 4.22.